The van der Waals surface area contributed by atoms with Gasteiger partial charge in [-0.3, -0.25) is 0 Å². The molecule has 19 rings (SSSR count). The third kappa shape index (κ3) is 13.5. The second-order valence-corrected chi connectivity index (χ2v) is 28.7. The summed E-state index contributed by atoms with van der Waals surface area (Å²) in [7, 11) is 0. The standard InChI is InChI=1S/C104H54N16/c1-108-83-42-63(60-105)39-77(47-83)73-30-34-94-89(54-73)90-55-74(78-40-64(61-106)43-84(48-78)109-2)31-35-95(90)119(94)88-52-80(46-82(53-88)103-115-99(66-19-10-6-11-20-66)113-100(116-103)67-21-12-7-13-22-67)71-28-18-27-70(45-71)72-29-38-98(93(58-72)104-117-101(68-23-14-8-15-24-68)114-102(118-104)69-25-16-9-17-26-69)120-96-36-32-75(79-41-65(62-107)44-85(49-79)110-3)56-91(96)92-57-76(33-37-97(92)120)81-50-86(111-4)59-87(51-81)112-5/h6-59H. The van der Waals surface area contributed by atoms with E-state index in [-0.39, 0.29) is 0 Å². The fourth-order valence-electron chi connectivity index (χ4n) is 15.8. The molecule has 550 valence electrons. The molecule has 0 atom stereocenters. The lowest BCUT2D eigenvalue weighted by Crippen LogP contribution is -2.04. The number of aromatic nitrogens is 8. The third-order valence-corrected chi connectivity index (χ3v) is 21.4. The molecule has 0 amide bonds. The molecular formula is C104H54N16. The first-order valence-electron chi connectivity index (χ1n) is 38.0. The summed E-state index contributed by atoms with van der Waals surface area (Å²) in [6.45, 7) is 40.0. The summed E-state index contributed by atoms with van der Waals surface area (Å²) < 4.78 is 4.43. The van der Waals surface area contributed by atoms with E-state index < -0.39 is 0 Å². The van der Waals surface area contributed by atoms with Crippen LogP contribution >= 0.6 is 0 Å². The van der Waals surface area contributed by atoms with Crippen molar-refractivity contribution in [2.45, 2.75) is 0 Å². The molecule has 16 nitrogen and oxygen atoms in total. The molecular weight excluding hydrogens is 1470 g/mol. The molecule has 0 unspecified atom stereocenters. The molecule has 0 saturated carbocycles. The molecule has 120 heavy (non-hydrogen) atoms. The lowest BCUT2D eigenvalue weighted by Gasteiger charge is -2.17. The van der Waals surface area contributed by atoms with Crippen molar-refractivity contribution in [1.82, 2.24) is 39.0 Å². The van der Waals surface area contributed by atoms with Crippen molar-refractivity contribution in [1.29, 1.82) is 15.8 Å². The number of fused-ring (bicyclic) bond motifs is 6. The molecule has 19 aromatic rings. The van der Waals surface area contributed by atoms with Gasteiger partial charge in [0, 0.05) is 77.3 Å². The van der Waals surface area contributed by atoms with E-state index in [1.807, 2.05) is 152 Å². The molecule has 0 aliphatic heterocycles. The van der Waals surface area contributed by atoms with Crippen LogP contribution in [0.5, 0.6) is 0 Å². The highest BCUT2D eigenvalue weighted by molar-refractivity contribution is 6.14. The molecule has 4 heterocycles. The van der Waals surface area contributed by atoms with Crippen LogP contribution in [0.4, 0.5) is 28.4 Å². The molecule has 4 aromatic heterocycles. The fraction of sp³-hybridized carbons (Fsp3) is 0. The molecule has 15 aromatic carbocycles. The first-order valence-corrected chi connectivity index (χ1v) is 38.0. The van der Waals surface area contributed by atoms with E-state index in [2.05, 4.69) is 155 Å². The molecule has 0 radical (unpaired) electrons. The SMILES string of the molecule is [C-]#[N+]c1cc(C#N)cc(-c2ccc3c(c2)c2cc(-c4cc(C#N)cc([N+]#[C-])c4)ccc2n3-c2cc(-c3cccc(-c4ccc(-n5c6ccc(-c7cc(C#N)cc([N+]#[C-])c7)cc6c6cc(-c7cc([N+]#[C-])cc([N+]#[C-])c7)ccc65)c(-c5nc(-c6ccccc6)nc(-c6ccccc6)n5)c4)c3)cc(-c3nc(-c4ccccc4)nc(-c4ccccc4)n3)c2)c1. The number of hydrogen-bond acceptors (Lipinski definition) is 9. The van der Waals surface area contributed by atoms with Crippen molar-refractivity contribution in [2.75, 3.05) is 0 Å². The van der Waals surface area contributed by atoms with E-state index in [0.29, 0.717) is 113 Å². The van der Waals surface area contributed by atoms with Crippen molar-refractivity contribution in [3.63, 3.8) is 0 Å². The van der Waals surface area contributed by atoms with E-state index in [0.717, 1.165) is 122 Å². The molecule has 0 N–H and O–H groups in total. The normalized spacial score (nSPS) is 10.9. The molecule has 0 aliphatic rings. The molecule has 16 heteroatoms. The van der Waals surface area contributed by atoms with Crippen molar-refractivity contribution in [3.8, 4) is 165 Å². The zero-order chi connectivity index (χ0) is 81.5. The zero-order valence-electron chi connectivity index (χ0n) is 63.3. The summed E-state index contributed by atoms with van der Waals surface area (Å²) in [5, 5.41) is 34.1. The van der Waals surface area contributed by atoms with Gasteiger partial charge in [-0.1, -0.05) is 188 Å². The van der Waals surface area contributed by atoms with E-state index >= 15 is 0 Å². The first kappa shape index (κ1) is 72.1. The van der Waals surface area contributed by atoms with Crippen LogP contribution in [0, 0.1) is 66.9 Å². The maximum atomic E-state index is 10.2. The Kier molecular flexibility index (Phi) is 18.3. The summed E-state index contributed by atoms with van der Waals surface area (Å²) >= 11 is 0. The highest BCUT2D eigenvalue weighted by atomic mass is 15.1. The lowest BCUT2D eigenvalue weighted by atomic mass is 9.95. The predicted octanol–water partition coefficient (Wildman–Crippen LogP) is 26.6. The molecule has 0 fully saturated rings. The average molecular weight is 1530 g/mol. The lowest BCUT2D eigenvalue weighted by molar-refractivity contribution is 1.06. The van der Waals surface area contributed by atoms with Gasteiger partial charge in [-0.15, -0.1) is 0 Å². The van der Waals surface area contributed by atoms with Crippen LogP contribution in [0.25, 0.3) is 214 Å². The van der Waals surface area contributed by atoms with Gasteiger partial charge in [0.15, 0.2) is 63.4 Å². The van der Waals surface area contributed by atoms with Gasteiger partial charge in [-0.2, -0.15) is 15.8 Å². The van der Waals surface area contributed by atoms with Crippen LogP contribution in [0.1, 0.15) is 16.7 Å². The minimum absolute atomic E-state index is 0.333. The van der Waals surface area contributed by atoms with Gasteiger partial charge < -0.3 is 9.13 Å². The summed E-state index contributed by atoms with van der Waals surface area (Å²) in [4.78, 5) is 50.6. The largest absolute Gasteiger partial charge is 0.309 e. The second kappa shape index (κ2) is 30.4. The highest BCUT2D eigenvalue weighted by Gasteiger charge is 2.25. The Morgan fingerprint density at radius 3 is 0.858 bits per heavy atom. The number of nitriles is 3. The number of nitrogens with zero attached hydrogens (tertiary/aromatic N) is 16. The second-order valence-electron chi connectivity index (χ2n) is 28.7. The van der Waals surface area contributed by atoms with Crippen LogP contribution < -0.4 is 0 Å². The summed E-state index contributed by atoms with van der Waals surface area (Å²) in [5.41, 5.74) is 21.2. The van der Waals surface area contributed by atoms with Gasteiger partial charge in [0.25, 0.3) is 0 Å². The molecule has 0 aliphatic carbocycles. The quantitative estimate of drug-likeness (QED) is 0.0957. The van der Waals surface area contributed by atoms with Gasteiger partial charge in [-0.25, -0.2) is 54.1 Å². The van der Waals surface area contributed by atoms with Crippen molar-refractivity contribution < 1.29 is 0 Å². The Labute approximate surface area is 688 Å². The van der Waals surface area contributed by atoms with Crippen LogP contribution in [-0.2, 0) is 0 Å². The topological polar surface area (TPSA) is 180 Å². The predicted molar refractivity (Wildman–Crippen MR) is 473 cm³/mol. The Morgan fingerprint density at radius 1 is 0.217 bits per heavy atom. The van der Waals surface area contributed by atoms with Crippen LogP contribution in [0.2, 0.25) is 0 Å². The monoisotopic (exact) mass is 1530 g/mol. The zero-order valence-corrected chi connectivity index (χ0v) is 63.3. The van der Waals surface area contributed by atoms with Gasteiger partial charge in [0.1, 0.15) is 0 Å². The Hall–Kier alpha value is -18.2. The Balaban J connectivity index is 0.851. The fourth-order valence-corrected chi connectivity index (χ4v) is 15.8. The van der Waals surface area contributed by atoms with E-state index in [9.17, 15) is 15.8 Å². The van der Waals surface area contributed by atoms with Crippen LogP contribution in [0.15, 0.2) is 328 Å². The van der Waals surface area contributed by atoms with Crippen molar-refractivity contribution in [2.24, 2.45) is 0 Å². The van der Waals surface area contributed by atoms with Crippen LogP contribution in [-0.4, -0.2) is 39.0 Å². The minimum atomic E-state index is 0.333. The van der Waals surface area contributed by atoms with Gasteiger partial charge >= 0.3 is 0 Å². The molecule has 0 spiro atoms. The van der Waals surface area contributed by atoms with Gasteiger partial charge in [-0.05, 0) is 206 Å². The van der Waals surface area contributed by atoms with E-state index in [1.165, 1.54) is 0 Å². The average Bonchev–Trinajstić information content (AvgIpc) is 1.59. The third-order valence-electron chi connectivity index (χ3n) is 21.4. The molecule has 0 bridgehead atoms. The summed E-state index contributed by atoms with van der Waals surface area (Å²) in [6.07, 6.45) is 0. The Bertz CT molecular complexity index is 7370. The molecule has 0 saturated heterocycles. The number of rotatable bonds is 14. The van der Waals surface area contributed by atoms with E-state index in [4.69, 9.17) is 62.8 Å². The first-order chi connectivity index (χ1) is 59.0. The number of benzene rings is 15. The van der Waals surface area contributed by atoms with E-state index in [1.54, 1.807) is 72.8 Å². The van der Waals surface area contributed by atoms with Crippen LogP contribution in [0.3, 0.4) is 0 Å². The van der Waals surface area contributed by atoms with Gasteiger partial charge in [0.2, 0.25) is 0 Å². The smallest absolute Gasteiger partial charge is 0.189 e. The Morgan fingerprint density at radius 2 is 0.492 bits per heavy atom. The summed E-state index contributed by atoms with van der Waals surface area (Å²) in [5.74, 6) is 2.67. The maximum absolute atomic E-state index is 10.2. The highest BCUT2D eigenvalue weighted by Crippen LogP contribution is 2.46. The van der Waals surface area contributed by atoms with Crippen molar-refractivity contribution >= 4 is 72.0 Å². The minimum Gasteiger partial charge on any atom is -0.309 e. The maximum Gasteiger partial charge on any atom is 0.189 e. The van der Waals surface area contributed by atoms with Crippen molar-refractivity contribution in [3.05, 3.63) is 401 Å². The number of hydrogen-bond donors (Lipinski definition) is 0. The van der Waals surface area contributed by atoms with Gasteiger partial charge in [0.05, 0.1) is 78.8 Å². The summed E-state index contributed by atoms with van der Waals surface area (Å²) in [6, 6.07) is 113.